The average molecular weight is 354 g/mol. The van der Waals surface area contributed by atoms with Gasteiger partial charge in [-0.2, -0.15) is 4.98 Å². The summed E-state index contributed by atoms with van der Waals surface area (Å²) in [5.41, 5.74) is 1.47. The molecule has 1 saturated heterocycles. The number of pyridine rings is 1. The third kappa shape index (κ3) is 3.38. The van der Waals surface area contributed by atoms with Crippen molar-refractivity contribution in [3.63, 3.8) is 0 Å². The fourth-order valence-corrected chi connectivity index (χ4v) is 3.36. The van der Waals surface area contributed by atoms with Gasteiger partial charge < -0.3 is 4.52 Å². The number of rotatable bonds is 4. The Labute approximate surface area is 151 Å². The Morgan fingerprint density at radius 1 is 1.19 bits per heavy atom. The van der Waals surface area contributed by atoms with Crippen molar-refractivity contribution in [2.45, 2.75) is 26.4 Å². The molecule has 0 bridgehead atoms. The summed E-state index contributed by atoms with van der Waals surface area (Å²) in [6.07, 6.45) is 1.74. The molecule has 1 aliphatic rings. The highest BCUT2D eigenvalue weighted by Gasteiger charge is 2.25. The zero-order valence-electron chi connectivity index (χ0n) is 15.0. The molecular weight excluding hydrogens is 332 g/mol. The van der Waals surface area contributed by atoms with Crippen LogP contribution in [0.15, 0.2) is 39.8 Å². The Balaban J connectivity index is 1.40. The van der Waals surface area contributed by atoms with Gasteiger partial charge in [0.2, 0.25) is 5.89 Å². The predicted molar refractivity (Wildman–Crippen MR) is 95.8 cm³/mol. The third-order valence-electron chi connectivity index (χ3n) is 4.86. The average Bonchev–Trinajstić information content (AvgIpc) is 3.08. The van der Waals surface area contributed by atoms with Crippen LogP contribution < -0.4 is 5.56 Å². The van der Waals surface area contributed by atoms with E-state index >= 15 is 0 Å². The van der Waals surface area contributed by atoms with Gasteiger partial charge in [0.1, 0.15) is 5.65 Å². The van der Waals surface area contributed by atoms with Crippen LogP contribution in [0, 0.1) is 6.92 Å². The summed E-state index contributed by atoms with van der Waals surface area (Å²) < 4.78 is 6.86. The first-order valence-electron chi connectivity index (χ1n) is 8.84. The fourth-order valence-electron chi connectivity index (χ4n) is 3.36. The van der Waals surface area contributed by atoms with E-state index < -0.39 is 0 Å². The molecule has 136 valence electrons. The van der Waals surface area contributed by atoms with E-state index in [-0.39, 0.29) is 11.6 Å². The van der Waals surface area contributed by atoms with Crippen LogP contribution in [0.4, 0.5) is 0 Å². The summed E-state index contributed by atoms with van der Waals surface area (Å²) in [7, 11) is 0. The van der Waals surface area contributed by atoms with Crippen molar-refractivity contribution in [3.05, 3.63) is 58.2 Å². The van der Waals surface area contributed by atoms with E-state index in [1.54, 1.807) is 16.7 Å². The molecule has 26 heavy (non-hydrogen) atoms. The van der Waals surface area contributed by atoms with Crippen LogP contribution in [0.5, 0.6) is 0 Å². The smallest absolute Gasteiger partial charge is 0.258 e. The molecule has 4 rings (SSSR count). The Hall–Kier alpha value is -2.58. The van der Waals surface area contributed by atoms with Gasteiger partial charge in [0, 0.05) is 45.0 Å². The molecule has 0 aliphatic carbocycles. The number of aromatic nitrogens is 4. The Morgan fingerprint density at radius 2 is 2.00 bits per heavy atom. The van der Waals surface area contributed by atoms with Crippen LogP contribution in [0.2, 0.25) is 0 Å². The number of hydrogen-bond donors (Lipinski definition) is 0. The molecule has 0 amide bonds. The van der Waals surface area contributed by atoms with Gasteiger partial charge in [-0.25, -0.2) is 4.98 Å². The molecule has 8 heteroatoms. The van der Waals surface area contributed by atoms with Crippen molar-refractivity contribution < 1.29 is 4.52 Å². The van der Waals surface area contributed by atoms with E-state index in [1.807, 2.05) is 25.1 Å². The van der Waals surface area contributed by atoms with Gasteiger partial charge in [-0.1, -0.05) is 11.2 Å². The minimum atomic E-state index is -0.0374. The van der Waals surface area contributed by atoms with Gasteiger partial charge in [-0.3, -0.25) is 19.0 Å². The first kappa shape index (κ1) is 16.9. The summed E-state index contributed by atoms with van der Waals surface area (Å²) in [6.45, 7) is 8.25. The van der Waals surface area contributed by atoms with E-state index in [2.05, 4.69) is 31.8 Å². The molecule has 4 heterocycles. The van der Waals surface area contributed by atoms with Crippen molar-refractivity contribution >= 4 is 5.65 Å². The molecule has 0 spiro atoms. The van der Waals surface area contributed by atoms with E-state index in [0.29, 0.717) is 23.9 Å². The zero-order valence-corrected chi connectivity index (χ0v) is 15.0. The van der Waals surface area contributed by atoms with Crippen LogP contribution >= 0.6 is 0 Å². The Kier molecular flexibility index (Phi) is 4.52. The van der Waals surface area contributed by atoms with Crippen LogP contribution in [-0.4, -0.2) is 55.5 Å². The maximum Gasteiger partial charge on any atom is 0.258 e. The van der Waals surface area contributed by atoms with E-state index in [0.717, 1.165) is 31.9 Å². The second-order valence-corrected chi connectivity index (χ2v) is 6.68. The van der Waals surface area contributed by atoms with Gasteiger partial charge in [-0.05, 0) is 26.0 Å². The van der Waals surface area contributed by atoms with Crippen LogP contribution in [-0.2, 0) is 6.54 Å². The summed E-state index contributed by atoms with van der Waals surface area (Å²) in [5, 5.41) is 3.87. The highest BCUT2D eigenvalue weighted by atomic mass is 16.5. The molecule has 0 saturated carbocycles. The molecule has 0 aromatic carbocycles. The highest BCUT2D eigenvalue weighted by molar-refractivity contribution is 5.37. The largest absolute Gasteiger partial charge is 0.338 e. The summed E-state index contributed by atoms with van der Waals surface area (Å²) in [4.78, 5) is 25.8. The third-order valence-corrected chi connectivity index (χ3v) is 4.86. The highest BCUT2D eigenvalue weighted by Crippen LogP contribution is 2.20. The number of aryl methyl sites for hydroxylation is 1. The van der Waals surface area contributed by atoms with E-state index in [9.17, 15) is 4.79 Å². The lowest BCUT2D eigenvalue weighted by Gasteiger charge is -2.36. The normalized spacial score (nSPS) is 17.6. The van der Waals surface area contributed by atoms with Gasteiger partial charge in [0.25, 0.3) is 5.56 Å². The number of fused-ring (bicyclic) bond motifs is 1. The number of hydrogen-bond acceptors (Lipinski definition) is 7. The van der Waals surface area contributed by atoms with Gasteiger partial charge in [-0.15, -0.1) is 0 Å². The lowest BCUT2D eigenvalue weighted by molar-refractivity contribution is 0.0839. The second kappa shape index (κ2) is 6.97. The van der Waals surface area contributed by atoms with Crippen molar-refractivity contribution in [2.24, 2.45) is 0 Å². The minimum Gasteiger partial charge on any atom is -0.338 e. The summed E-state index contributed by atoms with van der Waals surface area (Å²) >= 11 is 0. The monoisotopic (exact) mass is 354 g/mol. The maximum atomic E-state index is 12.2. The molecule has 0 radical (unpaired) electrons. The fraction of sp³-hybridized carbons (Fsp3) is 0.444. The number of piperazine rings is 1. The molecular formula is C18H22N6O2. The van der Waals surface area contributed by atoms with Crippen molar-refractivity contribution in [1.82, 2.24) is 29.3 Å². The standard InChI is InChI=1S/C18H22N6O2/c1-13(18-19-14(2)21-26-18)23-9-7-22(8-10-23)12-15-11-17(25)24-6-4-3-5-16(24)20-15/h3-6,11,13H,7-10,12H2,1-2H3/t13-/m0/s1. The lowest BCUT2D eigenvalue weighted by atomic mass is 10.2. The van der Waals surface area contributed by atoms with E-state index in [4.69, 9.17) is 4.52 Å². The van der Waals surface area contributed by atoms with Crippen LogP contribution in [0.1, 0.15) is 30.4 Å². The van der Waals surface area contributed by atoms with Crippen LogP contribution in [0.3, 0.4) is 0 Å². The van der Waals surface area contributed by atoms with Gasteiger partial charge >= 0.3 is 0 Å². The van der Waals surface area contributed by atoms with Crippen molar-refractivity contribution in [2.75, 3.05) is 26.2 Å². The molecule has 8 nitrogen and oxygen atoms in total. The van der Waals surface area contributed by atoms with E-state index in [1.165, 1.54) is 0 Å². The zero-order chi connectivity index (χ0) is 18.1. The molecule has 3 aromatic rings. The van der Waals surface area contributed by atoms with Crippen molar-refractivity contribution in [3.8, 4) is 0 Å². The Bertz CT molecular complexity index is 957. The summed E-state index contributed by atoms with van der Waals surface area (Å²) in [6, 6.07) is 7.33. The first-order chi connectivity index (χ1) is 12.6. The molecule has 3 aromatic heterocycles. The van der Waals surface area contributed by atoms with Crippen LogP contribution in [0.25, 0.3) is 5.65 Å². The molecule has 1 atom stereocenters. The minimum absolute atomic E-state index is 0.0374. The predicted octanol–water partition coefficient (Wildman–Crippen LogP) is 1.26. The first-order valence-corrected chi connectivity index (χ1v) is 8.84. The topological polar surface area (TPSA) is 79.8 Å². The molecule has 1 aliphatic heterocycles. The lowest BCUT2D eigenvalue weighted by Crippen LogP contribution is -2.46. The maximum absolute atomic E-state index is 12.2. The second-order valence-electron chi connectivity index (χ2n) is 6.68. The van der Waals surface area contributed by atoms with Crippen molar-refractivity contribution in [1.29, 1.82) is 0 Å². The molecule has 0 unspecified atom stereocenters. The Morgan fingerprint density at radius 3 is 2.73 bits per heavy atom. The van der Waals surface area contributed by atoms with Gasteiger partial charge in [0.15, 0.2) is 5.82 Å². The number of nitrogens with zero attached hydrogens (tertiary/aromatic N) is 6. The quantitative estimate of drug-likeness (QED) is 0.698. The summed E-state index contributed by atoms with van der Waals surface area (Å²) in [5.74, 6) is 1.33. The van der Waals surface area contributed by atoms with Gasteiger partial charge in [0.05, 0.1) is 11.7 Å². The molecule has 0 N–H and O–H groups in total. The molecule has 1 fully saturated rings. The SMILES string of the molecule is Cc1noc([C@H](C)N2CCN(Cc3cc(=O)n4ccccc4n3)CC2)n1.